The predicted molar refractivity (Wildman–Crippen MR) is 81.4 cm³/mol. The van der Waals surface area contributed by atoms with Crippen molar-refractivity contribution < 1.29 is 4.79 Å². The van der Waals surface area contributed by atoms with Gasteiger partial charge in [0.1, 0.15) is 0 Å². The first kappa shape index (κ1) is 14.1. The number of nitrogens with two attached hydrogens (primary N) is 1. The highest BCUT2D eigenvalue weighted by Crippen LogP contribution is 2.13. The number of rotatable bonds is 2. The van der Waals surface area contributed by atoms with E-state index in [4.69, 9.17) is 17.3 Å². The number of amides is 1. The number of hydrogen-bond donors (Lipinski definition) is 2. The lowest BCUT2D eigenvalue weighted by atomic mass is 10.2. The van der Waals surface area contributed by atoms with Crippen LogP contribution in [0.25, 0.3) is 0 Å². The van der Waals surface area contributed by atoms with Gasteiger partial charge >= 0.3 is 0 Å². The molecule has 4 nitrogen and oxygen atoms in total. The van der Waals surface area contributed by atoms with E-state index in [1.807, 2.05) is 31.2 Å². The summed E-state index contributed by atoms with van der Waals surface area (Å²) in [4.78, 5) is 16.0. The van der Waals surface area contributed by atoms with Crippen LogP contribution in [0.4, 0.5) is 5.69 Å². The van der Waals surface area contributed by atoms with Gasteiger partial charge in [-0.15, -0.1) is 0 Å². The number of guanidine groups is 1. The number of benzene rings is 2. The van der Waals surface area contributed by atoms with E-state index in [0.29, 0.717) is 16.3 Å². The SMILES string of the molecule is Cc1cccc(N=C(N)NC(=O)c2ccc(Cl)cc2)c1. The fraction of sp³-hybridized carbons (Fsp3) is 0.0667. The number of aliphatic imine (C=N–C) groups is 1. The van der Waals surface area contributed by atoms with Gasteiger partial charge in [-0.1, -0.05) is 23.7 Å². The highest BCUT2D eigenvalue weighted by molar-refractivity contribution is 6.30. The summed E-state index contributed by atoms with van der Waals surface area (Å²) in [7, 11) is 0. The highest BCUT2D eigenvalue weighted by atomic mass is 35.5. The van der Waals surface area contributed by atoms with Crippen LogP contribution in [0.3, 0.4) is 0 Å². The minimum Gasteiger partial charge on any atom is -0.369 e. The quantitative estimate of drug-likeness (QED) is 0.658. The smallest absolute Gasteiger partial charge is 0.257 e. The Bertz CT molecular complexity index is 650. The molecule has 5 heteroatoms. The third-order valence-electron chi connectivity index (χ3n) is 2.60. The van der Waals surface area contributed by atoms with Gasteiger partial charge in [0.2, 0.25) is 5.96 Å². The van der Waals surface area contributed by atoms with Crippen molar-refractivity contribution in [1.29, 1.82) is 0 Å². The molecule has 0 aliphatic rings. The van der Waals surface area contributed by atoms with Crippen molar-refractivity contribution in [2.45, 2.75) is 6.92 Å². The molecule has 3 N–H and O–H groups in total. The molecular weight excluding hydrogens is 274 g/mol. The zero-order valence-electron chi connectivity index (χ0n) is 10.9. The molecule has 0 aliphatic carbocycles. The summed E-state index contributed by atoms with van der Waals surface area (Å²) < 4.78 is 0. The Balaban J connectivity index is 2.09. The van der Waals surface area contributed by atoms with Crippen LogP contribution in [-0.2, 0) is 0 Å². The molecule has 2 aromatic carbocycles. The average Bonchev–Trinajstić information content (AvgIpc) is 2.39. The van der Waals surface area contributed by atoms with Crippen molar-refractivity contribution in [1.82, 2.24) is 5.32 Å². The van der Waals surface area contributed by atoms with Crippen LogP contribution in [0.15, 0.2) is 53.5 Å². The Morgan fingerprint density at radius 3 is 2.55 bits per heavy atom. The van der Waals surface area contributed by atoms with Gasteiger partial charge in [-0.25, -0.2) is 4.99 Å². The molecule has 0 fully saturated rings. The first-order valence-corrected chi connectivity index (χ1v) is 6.40. The standard InChI is InChI=1S/C15H14ClN3O/c1-10-3-2-4-13(9-10)18-15(17)19-14(20)11-5-7-12(16)8-6-11/h2-9H,1H3,(H3,17,18,19,20). The van der Waals surface area contributed by atoms with Crippen LogP contribution in [0.1, 0.15) is 15.9 Å². The molecule has 0 saturated heterocycles. The van der Waals surface area contributed by atoms with Crippen LogP contribution in [-0.4, -0.2) is 11.9 Å². The number of aryl methyl sites for hydroxylation is 1. The minimum absolute atomic E-state index is 0.0514. The van der Waals surface area contributed by atoms with Gasteiger partial charge in [0.05, 0.1) is 5.69 Å². The van der Waals surface area contributed by atoms with Crippen LogP contribution in [0.2, 0.25) is 5.02 Å². The number of hydrogen-bond acceptors (Lipinski definition) is 2. The fourth-order valence-corrected chi connectivity index (χ4v) is 1.78. The summed E-state index contributed by atoms with van der Waals surface area (Å²) in [5, 5.41) is 3.10. The van der Waals surface area contributed by atoms with Crippen molar-refractivity contribution in [3.8, 4) is 0 Å². The number of nitrogens with one attached hydrogen (secondary N) is 1. The van der Waals surface area contributed by atoms with E-state index in [2.05, 4.69) is 10.3 Å². The lowest BCUT2D eigenvalue weighted by Gasteiger charge is -2.05. The third kappa shape index (κ3) is 3.83. The molecule has 0 aliphatic heterocycles. The Morgan fingerprint density at radius 1 is 1.20 bits per heavy atom. The van der Waals surface area contributed by atoms with Gasteiger partial charge < -0.3 is 5.73 Å². The third-order valence-corrected chi connectivity index (χ3v) is 2.85. The number of carbonyl (C=O) groups is 1. The van der Waals surface area contributed by atoms with Crippen molar-refractivity contribution in [2.24, 2.45) is 10.7 Å². The minimum atomic E-state index is -0.324. The number of halogens is 1. The largest absolute Gasteiger partial charge is 0.369 e. The Hall–Kier alpha value is -2.33. The predicted octanol–water partition coefficient (Wildman–Crippen LogP) is 3.02. The Morgan fingerprint density at radius 2 is 1.90 bits per heavy atom. The molecule has 0 aromatic heterocycles. The summed E-state index contributed by atoms with van der Waals surface area (Å²) in [6.07, 6.45) is 0. The highest BCUT2D eigenvalue weighted by Gasteiger charge is 2.06. The van der Waals surface area contributed by atoms with Crippen LogP contribution < -0.4 is 11.1 Å². The molecule has 0 saturated carbocycles. The molecule has 0 bridgehead atoms. The number of carbonyl (C=O) groups excluding carboxylic acids is 1. The topological polar surface area (TPSA) is 67.5 Å². The second kappa shape index (κ2) is 6.21. The molecule has 0 spiro atoms. The molecule has 102 valence electrons. The van der Waals surface area contributed by atoms with E-state index in [1.54, 1.807) is 24.3 Å². The molecule has 0 atom stereocenters. The molecule has 2 aromatic rings. The molecule has 2 rings (SSSR count). The number of nitrogens with zero attached hydrogens (tertiary/aromatic N) is 1. The van der Waals surface area contributed by atoms with Gasteiger partial charge in [-0.2, -0.15) is 0 Å². The lowest BCUT2D eigenvalue weighted by Crippen LogP contribution is -2.36. The van der Waals surface area contributed by atoms with Gasteiger partial charge in [-0.05, 0) is 48.9 Å². The van der Waals surface area contributed by atoms with Crippen molar-refractivity contribution in [3.05, 3.63) is 64.7 Å². The maximum atomic E-state index is 11.9. The first-order valence-electron chi connectivity index (χ1n) is 6.02. The van der Waals surface area contributed by atoms with E-state index >= 15 is 0 Å². The summed E-state index contributed by atoms with van der Waals surface area (Å²) in [6.45, 7) is 1.96. The van der Waals surface area contributed by atoms with Crippen molar-refractivity contribution in [2.75, 3.05) is 0 Å². The summed E-state index contributed by atoms with van der Waals surface area (Å²) >= 11 is 5.76. The average molecular weight is 288 g/mol. The van der Waals surface area contributed by atoms with E-state index in [0.717, 1.165) is 5.56 Å². The van der Waals surface area contributed by atoms with Gasteiger partial charge in [0.15, 0.2) is 0 Å². The molecule has 20 heavy (non-hydrogen) atoms. The molecule has 0 radical (unpaired) electrons. The maximum absolute atomic E-state index is 11.9. The Kier molecular flexibility index (Phi) is 4.38. The monoisotopic (exact) mass is 287 g/mol. The zero-order chi connectivity index (χ0) is 14.5. The molecule has 0 unspecified atom stereocenters. The summed E-state index contributed by atoms with van der Waals surface area (Å²) in [6, 6.07) is 14.1. The maximum Gasteiger partial charge on any atom is 0.257 e. The summed E-state index contributed by atoms with van der Waals surface area (Å²) in [5.41, 5.74) is 7.95. The van der Waals surface area contributed by atoms with E-state index in [-0.39, 0.29) is 11.9 Å². The lowest BCUT2D eigenvalue weighted by molar-refractivity contribution is 0.0976. The molecule has 0 heterocycles. The van der Waals surface area contributed by atoms with E-state index < -0.39 is 0 Å². The van der Waals surface area contributed by atoms with Crippen LogP contribution >= 0.6 is 11.6 Å². The van der Waals surface area contributed by atoms with Gasteiger partial charge in [-0.3, -0.25) is 10.1 Å². The second-order valence-electron chi connectivity index (χ2n) is 4.30. The van der Waals surface area contributed by atoms with Crippen molar-refractivity contribution in [3.63, 3.8) is 0 Å². The van der Waals surface area contributed by atoms with E-state index in [1.165, 1.54) is 0 Å². The van der Waals surface area contributed by atoms with Crippen molar-refractivity contribution >= 4 is 29.2 Å². The zero-order valence-corrected chi connectivity index (χ0v) is 11.7. The fourth-order valence-electron chi connectivity index (χ4n) is 1.65. The van der Waals surface area contributed by atoms with E-state index in [9.17, 15) is 4.79 Å². The second-order valence-corrected chi connectivity index (χ2v) is 4.73. The summed E-state index contributed by atoms with van der Waals surface area (Å²) in [5.74, 6) is -0.272. The normalized spacial score (nSPS) is 11.2. The van der Waals surface area contributed by atoms with Crippen LogP contribution in [0.5, 0.6) is 0 Å². The van der Waals surface area contributed by atoms with Gasteiger partial charge in [0, 0.05) is 10.6 Å². The first-order chi connectivity index (χ1) is 9.54. The molecular formula is C15H14ClN3O. The molecule has 1 amide bonds. The van der Waals surface area contributed by atoms with Crippen LogP contribution in [0, 0.1) is 6.92 Å². The Labute approximate surface area is 122 Å². The van der Waals surface area contributed by atoms with Gasteiger partial charge in [0.25, 0.3) is 5.91 Å².